The third kappa shape index (κ3) is 2.46. The highest BCUT2D eigenvalue weighted by molar-refractivity contribution is 4.82. The van der Waals surface area contributed by atoms with E-state index in [0.717, 1.165) is 18.4 Å². The second-order valence-electron chi connectivity index (χ2n) is 3.80. The lowest BCUT2D eigenvalue weighted by atomic mass is 9.93. The zero-order valence-corrected chi connectivity index (χ0v) is 7.76. The van der Waals surface area contributed by atoms with E-state index in [0.29, 0.717) is 6.04 Å². The molecule has 0 aromatic rings. The summed E-state index contributed by atoms with van der Waals surface area (Å²) in [6.07, 6.45) is 1.28. The van der Waals surface area contributed by atoms with Gasteiger partial charge in [0.1, 0.15) is 0 Å². The highest BCUT2D eigenvalue weighted by atomic mass is 16.5. The monoisotopic (exact) mass is 157 g/mol. The number of ether oxygens (including phenoxy) is 1. The molecule has 1 N–H and O–H groups in total. The van der Waals surface area contributed by atoms with Crippen LogP contribution in [0.5, 0.6) is 0 Å². The Balaban J connectivity index is 2.23. The molecular weight excluding hydrogens is 138 g/mol. The van der Waals surface area contributed by atoms with Crippen LogP contribution in [0.3, 0.4) is 0 Å². The van der Waals surface area contributed by atoms with Gasteiger partial charge in [-0.15, -0.1) is 0 Å². The molecule has 1 rings (SSSR count). The Labute approximate surface area is 69.3 Å². The summed E-state index contributed by atoms with van der Waals surface area (Å²) in [4.78, 5) is 0. The molecule has 1 fully saturated rings. The van der Waals surface area contributed by atoms with Crippen molar-refractivity contribution in [3.8, 4) is 0 Å². The average molecular weight is 157 g/mol. The Hall–Kier alpha value is -0.0800. The Morgan fingerprint density at radius 1 is 1.55 bits per heavy atom. The van der Waals surface area contributed by atoms with Gasteiger partial charge in [0.25, 0.3) is 0 Å². The summed E-state index contributed by atoms with van der Waals surface area (Å²) >= 11 is 0. The molecule has 2 unspecified atom stereocenters. The molecule has 1 saturated heterocycles. The zero-order chi connectivity index (χ0) is 8.27. The zero-order valence-electron chi connectivity index (χ0n) is 7.76. The van der Waals surface area contributed by atoms with Crippen LogP contribution in [0.15, 0.2) is 0 Å². The topological polar surface area (TPSA) is 21.3 Å². The first-order chi connectivity index (χ1) is 5.24. The van der Waals surface area contributed by atoms with Gasteiger partial charge in [-0.3, -0.25) is 0 Å². The molecule has 0 aromatic carbocycles. The SMILES string of the molecule is COCC1CC(C(C)C)CN1. The first-order valence-corrected chi connectivity index (χ1v) is 4.46. The normalized spacial score (nSPS) is 31.6. The first kappa shape index (κ1) is 9.01. The van der Waals surface area contributed by atoms with Crippen molar-refractivity contribution in [3.05, 3.63) is 0 Å². The summed E-state index contributed by atoms with van der Waals surface area (Å²) in [5.74, 6) is 1.67. The molecule has 11 heavy (non-hydrogen) atoms. The van der Waals surface area contributed by atoms with E-state index in [1.807, 2.05) is 0 Å². The summed E-state index contributed by atoms with van der Waals surface area (Å²) in [5.41, 5.74) is 0. The lowest BCUT2D eigenvalue weighted by Gasteiger charge is -2.12. The number of hydrogen-bond acceptors (Lipinski definition) is 2. The Kier molecular flexibility index (Phi) is 3.34. The molecule has 2 atom stereocenters. The quantitative estimate of drug-likeness (QED) is 0.666. The van der Waals surface area contributed by atoms with Gasteiger partial charge in [-0.05, 0) is 24.8 Å². The van der Waals surface area contributed by atoms with Crippen LogP contribution < -0.4 is 5.32 Å². The summed E-state index contributed by atoms with van der Waals surface area (Å²) < 4.78 is 5.09. The molecule has 0 aromatic heterocycles. The highest BCUT2D eigenvalue weighted by Gasteiger charge is 2.25. The molecule has 1 aliphatic heterocycles. The van der Waals surface area contributed by atoms with Crippen molar-refractivity contribution < 1.29 is 4.74 Å². The van der Waals surface area contributed by atoms with Crippen molar-refractivity contribution in [2.75, 3.05) is 20.3 Å². The van der Waals surface area contributed by atoms with Crippen molar-refractivity contribution in [3.63, 3.8) is 0 Å². The molecule has 0 saturated carbocycles. The predicted octanol–water partition coefficient (Wildman–Crippen LogP) is 1.27. The van der Waals surface area contributed by atoms with Crippen molar-refractivity contribution >= 4 is 0 Å². The van der Waals surface area contributed by atoms with Crippen LogP contribution in [0.2, 0.25) is 0 Å². The van der Waals surface area contributed by atoms with Gasteiger partial charge in [-0.25, -0.2) is 0 Å². The van der Waals surface area contributed by atoms with Crippen LogP contribution in [0.4, 0.5) is 0 Å². The van der Waals surface area contributed by atoms with Crippen LogP contribution >= 0.6 is 0 Å². The summed E-state index contributed by atoms with van der Waals surface area (Å²) in [6.45, 7) is 6.62. The van der Waals surface area contributed by atoms with Crippen LogP contribution in [-0.2, 0) is 4.74 Å². The molecule has 0 bridgehead atoms. The molecule has 0 amide bonds. The van der Waals surface area contributed by atoms with E-state index in [2.05, 4.69) is 19.2 Å². The summed E-state index contributed by atoms with van der Waals surface area (Å²) in [7, 11) is 1.77. The minimum absolute atomic E-state index is 0.604. The lowest BCUT2D eigenvalue weighted by Crippen LogP contribution is -2.25. The van der Waals surface area contributed by atoms with E-state index >= 15 is 0 Å². The van der Waals surface area contributed by atoms with Gasteiger partial charge in [-0.2, -0.15) is 0 Å². The fraction of sp³-hybridized carbons (Fsp3) is 1.00. The average Bonchev–Trinajstić information content (AvgIpc) is 2.37. The molecule has 0 radical (unpaired) electrons. The molecule has 2 heteroatoms. The van der Waals surface area contributed by atoms with Gasteiger partial charge in [-0.1, -0.05) is 13.8 Å². The van der Waals surface area contributed by atoms with Gasteiger partial charge in [0.05, 0.1) is 6.61 Å². The van der Waals surface area contributed by atoms with E-state index < -0.39 is 0 Å². The van der Waals surface area contributed by atoms with Crippen LogP contribution in [-0.4, -0.2) is 26.3 Å². The van der Waals surface area contributed by atoms with Gasteiger partial charge in [0.2, 0.25) is 0 Å². The van der Waals surface area contributed by atoms with Crippen LogP contribution in [0, 0.1) is 11.8 Å². The first-order valence-electron chi connectivity index (χ1n) is 4.46. The maximum absolute atomic E-state index is 5.09. The van der Waals surface area contributed by atoms with Crippen LogP contribution in [0.1, 0.15) is 20.3 Å². The molecule has 0 aliphatic carbocycles. The van der Waals surface area contributed by atoms with Crippen molar-refractivity contribution in [2.45, 2.75) is 26.3 Å². The van der Waals surface area contributed by atoms with Gasteiger partial charge >= 0.3 is 0 Å². The number of nitrogens with one attached hydrogen (secondary N) is 1. The maximum atomic E-state index is 5.09. The van der Waals surface area contributed by atoms with E-state index in [4.69, 9.17) is 4.74 Å². The third-order valence-corrected chi connectivity index (χ3v) is 2.57. The minimum atomic E-state index is 0.604. The van der Waals surface area contributed by atoms with Crippen LogP contribution in [0.25, 0.3) is 0 Å². The number of hydrogen-bond donors (Lipinski definition) is 1. The second-order valence-corrected chi connectivity index (χ2v) is 3.80. The Morgan fingerprint density at radius 3 is 2.73 bits per heavy atom. The highest BCUT2D eigenvalue weighted by Crippen LogP contribution is 2.21. The van der Waals surface area contributed by atoms with Crippen molar-refractivity contribution in [1.82, 2.24) is 5.32 Å². The lowest BCUT2D eigenvalue weighted by molar-refractivity contribution is 0.171. The van der Waals surface area contributed by atoms with E-state index in [9.17, 15) is 0 Å². The van der Waals surface area contributed by atoms with Gasteiger partial charge in [0, 0.05) is 13.2 Å². The smallest absolute Gasteiger partial charge is 0.0615 e. The third-order valence-electron chi connectivity index (χ3n) is 2.57. The number of rotatable bonds is 3. The fourth-order valence-electron chi connectivity index (χ4n) is 1.69. The predicted molar refractivity (Wildman–Crippen MR) is 46.6 cm³/mol. The van der Waals surface area contributed by atoms with E-state index in [1.165, 1.54) is 13.0 Å². The van der Waals surface area contributed by atoms with E-state index in [-0.39, 0.29) is 0 Å². The minimum Gasteiger partial charge on any atom is -0.383 e. The molecule has 1 aliphatic rings. The molecular formula is C9H19NO. The van der Waals surface area contributed by atoms with Crippen molar-refractivity contribution in [1.29, 1.82) is 0 Å². The van der Waals surface area contributed by atoms with Crippen molar-refractivity contribution in [2.24, 2.45) is 11.8 Å². The maximum Gasteiger partial charge on any atom is 0.0615 e. The molecule has 2 nitrogen and oxygen atoms in total. The molecule has 1 heterocycles. The van der Waals surface area contributed by atoms with Gasteiger partial charge < -0.3 is 10.1 Å². The summed E-state index contributed by atoms with van der Waals surface area (Å²) in [5, 5.41) is 3.46. The van der Waals surface area contributed by atoms with Gasteiger partial charge in [0.15, 0.2) is 0 Å². The Morgan fingerprint density at radius 2 is 2.27 bits per heavy atom. The molecule has 66 valence electrons. The van der Waals surface area contributed by atoms with E-state index in [1.54, 1.807) is 7.11 Å². The number of methoxy groups -OCH3 is 1. The largest absolute Gasteiger partial charge is 0.383 e. The molecule has 0 spiro atoms. The fourth-order valence-corrected chi connectivity index (χ4v) is 1.69. The standard InChI is InChI=1S/C9H19NO/c1-7(2)8-4-9(6-11-3)10-5-8/h7-10H,4-6H2,1-3H3. The summed E-state index contributed by atoms with van der Waals surface area (Å²) in [6, 6.07) is 0.604. The second kappa shape index (κ2) is 4.07. The Bertz CT molecular complexity index is 114.